The maximum Gasteiger partial charge on any atom is 0.303 e. The van der Waals surface area contributed by atoms with E-state index in [2.05, 4.69) is 15.9 Å². The molecule has 3 N–H and O–H groups in total. The highest BCUT2D eigenvalue weighted by Gasteiger charge is 2.26. The Morgan fingerprint density at radius 1 is 1.52 bits per heavy atom. The zero-order valence-corrected chi connectivity index (χ0v) is 13.3. The van der Waals surface area contributed by atoms with E-state index in [1.54, 1.807) is 6.07 Å². The van der Waals surface area contributed by atoms with Gasteiger partial charge in [-0.3, -0.25) is 4.79 Å². The summed E-state index contributed by atoms with van der Waals surface area (Å²) in [5, 5.41) is 8.82. The molecular weight excluding hydrogens is 342 g/mol. The number of halogens is 1. The van der Waals surface area contributed by atoms with Crippen molar-refractivity contribution in [3.05, 3.63) is 16.1 Å². The first-order valence-corrected chi connectivity index (χ1v) is 7.47. The van der Waals surface area contributed by atoms with Gasteiger partial charge >= 0.3 is 5.97 Å². The second kappa shape index (κ2) is 7.00. The minimum atomic E-state index is -0.886. The van der Waals surface area contributed by atoms with Gasteiger partial charge in [-0.1, -0.05) is 0 Å². The van der Waals surface area contributed by atoms with E-state index in [-0.39, 0.29) is 12.8 Å². The van der Waals surface area contributed by atoms with Gasteiger partial charge in [-0.05, 0) is 22.4 Å². The van der Waals surface area contributed by atoms with Crippen LogP contribution in [0.15, 0.2) is 10.5 Å². The van der Waals surface area contributed by atoms with Crippen molar-refractivity contribution in [2.24, 2.45) is 5.73 Å². The lowest BCUT2D eigenvalue weighted by Gasteiger charge is -2.21. The standard InChI is InChI=1S/C14H18BrNO5/c1-19-13-8(15)7-10-14(21-6-2-5-20-10)12(13)9(16)3-4-11(17)18/h7,9H,2-6,16H2,1H3,(H,17,18). The van der Waals surface area contributed by atoms with E-state index in [1.165, 1.54) is 7.11 Å². The smallest absolute Gasteiger partial charge is 0.303 e. The van der Waals surface area contributed by atoms with Gasteiger partial charge in [0.25, 0.3) is 0 Å². The number of methoxy groups -OCH3 is 1. The zero-order valence-electron chi connectivity index (χ0n) is 11.7. The number of hydrogen-bond acceptors (Lipinski definition) is 5. The minimum Gasteiger partial charge on any atom is -0.495 e. The predicted molar refractivity (Wildman–Crippen MR) is 80.1 cm³/mol. The van der Waals surface area contributed by atoms with Crippen molar-refractivity contribution in [3.8, 4) is 17.2 Å². The second-order valence-corrected chi connectivity index (χ2v) is 5.58. The fourth-order valence-electron chi connectivity index (χ4n) is 2.25. The molecule has 2 rings (SSSR count). The molecule has 6 nitrogen and oxygen atoms in total. The van der Waals surface area contributed by atoms with Crippen LogP contribution in [-0.2, 0) is 4.79 Å². The molecule has 0 spiro atoms. The molecular formula is C14H18BrNO5. The van der Waals surface area contributed by atoms with Gasteiger partial charge < -0.3 is 25.1 Å². The van der Waals surface area contributed by atoms with Crippen LogP contribution in [0.3, 0.4) is 0 Å². The zero-order chi connectivity index (χ0) is 15.4. The number of nitrogens with two attached hydrogens (primary N) is 1. The van der Waals surface area contributed by atoms with Crippen molar-refractivity contribution in [1.82, 2.24) is 0 Å². The molecule has 0 aliphatic carbocycles. The van der Waals surface area contributed by atoms with Crippen LogP contribution in [-0.4, -0.2) is 31.4 Å². The molecule has 0 bridgehead atoms. The molecule has 1 unspecified atom stereocenters. The Hall–Kier alpha value is -1.47. The number of carboxylic acid groups (broad SMARTS) is 1. The number of rotatable bonds is 5. The number of carbonyl (C=O) groups is 1. The number of aliphatic carboxylic acids is 1. The van der Waals surface area contributed by atoms with Crippen molar-refractivity contribution in [2.75, 3.05) is 20.3 Å². The van der Waals surface area contributed by atoms with Crippen molar-refractivity contribution >= 4 is 21.9 Å². The van der Waals surface area contributed by atoms with E-state index in [4.69, 9.17) is 25.1 Å². The molecule has 21 heavy (non-hydrogen) atoms. The summed E-state index contributed by atoms with van der Waals surface area (Å²) in [6.45, 7) is 1.09. The van der Waals surface area contributed by atoms with Gasteiger partial charge in [-0.15, -0.1) is 0 Å². The SMILES string of the molecule is COc1c(Br)cc2c(c1C(N)CCC(=O)O)OCCCO2. The predicted octanol–water partition coefficient (Wildman–Crippen LogP) is 2.48. The molecule has 0 amide bonds. The number of benzene rings is 1. The summed E-state index contributed by atoms with van der Waals surface area (Å²) in [4.78, 5) is 10.7. The quantitative estimate of drug-likeness (QED) is 0.838. The topological polar surface area (TPSA) is 91.0 Å². The highest BCUT2D eigenvalue weighted by atomic mass is 79.9. The molecule has 0 saturated heterocycles. The highest BCUT2D eigenvalue weighted by Crippen LogP contribution is 2.47. The molecule has 1 heterocycles. The Balaban J connectivity index is 2.44. The summed E-state index contributed by atoms with van der Waals surface area (Å²) >= 11 is 3.43. The summed E-state index contributed by atoms with van der Waals surface area (Å²) in [5.74, 6) is 0.811. The average Bonchev–Trinajstić information content (AvgIpc) is 2.68. The minimum absolute atomic E-state index is 0.0214. The van der Waals surface area contributed by atoms with Gasteiger partial charge in [-0.25, -0.2) is 0 Å². The third kappa shape index (κ3) is 3.59. The van der Waals surface area contributed by atoms with Gasteiger partial charge in [-0.2, -0.15) is 0 Å². The van der Waals surface area contributed by atoms with Crippen LogP contribution in [0.25, 0.3) is 0 Å². The van der Waals surface area contributed by atoms with Gasteiger partial charge in [0, 0.05) is 24.9 Å². The van der Waals surface area contributed by atoms with Gasteiger partial charge in [0.05, 0.1) is 30.4 Å². The Morgan fingerprint density at radius 3 is 2.90 bits per heavy atom. The van der Waals surface area contributed by atoms with Crippen LogP contribution < -0.4 is 19.9 Å². The largest absolute Gasteiger partial charge is 0.495 e. The fourth-order valence-corrected chi connectivity index (χ4v) is 2.83. The molecule has 7 heteroatoms. The Morgan fingerprint density at radius 2 is 2.24 bits per heavy atom. The lowest BCUT2D eigenvalue weighted by Crippen LogP contribution is -2.15. The van der Waals surface area contributed by atoms with E-state index in [0.717, 1.165) is 6.42 Å². The molecule has 0 fully saturated rings. The third-order valence-corrected chi connectivity index (χ3v) is 3.81. The summed E-state index contributed by atoms with van der Waals surface area (Å²) in [6, 6.07) is 1.27. The molecule has 1 atom stereocenters. The molecule has 1 aromatic carbocycles. The van der Waals surface area contributed by atoms with Crippen molar-refractivity contribution < 1.29 is 24.1 Å². The van der Waals surface area contributed by atoms with Crippen molar-refractivity contribution in [2.45, 2.75) is 25.3 Å². The van der Waals surface area contributed by atoms with Crippen LogP contribution in [0.1, 0.15) is 30.9 Å². The van der Waals surface area contributed by atoms with E-state index in [1.807, 2.05) is 0 Å². The van der Waals surface area contributed by atoms with Crippen LogP contribution in [0.5, 0.6) is 17.2 Å². The number of fused-ring (bicyclic) bond motifs is 1. The molecule has 1 aliphatic heterocycles. The van der Waals surface area contributed by atoms with Crippen LogP contribution in [0.4, 0.5) is 0 Å². The first-order chi connectivity index (χ1) is 10.0. The maximum atomic E-state index is 10.7. The number of carboxylic acids is 1. The summed E-state index contributed by atoms with van der Waals surface area (Å²) in [7, 11) is 1.54. The normalized spacial score (nSPS) is 15.2. The maximum absolute atomic E-state index is 10.7. The van der Waals surface area contributed by atoms with Crippen LogP contribution in [0, 0.1) is 0 Å². The van der Waals surface area contributed by atoms with E-state index >= 15 is 0 Å². The molecule has 0 radical (unpaired) electrons. The number of ether oxygens (including phenoxy) is 3. The van der Waals surface area contributed by atoms with Crippen molar-refractivity contribution in [1.29, 1.82) is 0 Å². The lowest BCUT2D eigenvalue weighted by molar-refractivity contribution is -0.137. The van der Waals surface area contributed by atoms with Crippen molar-refractivity contribution in [3.63, 3.8) is 0 Å². The average molecular weight is 360 g/mol. The third-order valence-electron chi connectivity index (χ3n) is 3.22. The molecule has 116 valence electrons. The summed E-state index contributed by atoms with van der Waals surface area (Å²) in [5.41, 5.74) is 6.81. The Kier molecular flexibility index (Phi) is 5.30. The van der Waals surface area contributed by atoms with E-state index in [9.17, 15) is 4.79 Å². The Bertz CT molecular complexity index is 535. The van der Waals surface area contributed by atoms with Crippen LogP contribution in [0.2, 0.25) is 0 Å². The van der Waals surface area contributed by atoms with Gasteiger partial charge in [0.1, 0.15) is 5.75 Å². The second-order valence-electron chi connectivity index (χ2n) is 4.72. The number of hydrogen-bond donors (Lipinski definition) is 2. The van der Waals surface area contributed by atoms with Gasteiger partial charge in [0.2, 0.25) is 0 Å². The highest BCUT2D eigenvalue weighted by molar-refractivity contribution is 9.10. The van der Waals surface area contributed by atoms with Crippen LogP contribution >= 0.6 is 15.9 Å². The first-order valence-electron chi connectivity index (χ1n) is 6.68. The summed E-state index contributed by atoms with van der Waals surface area (Å²) in [6.07, 6.45) is 1.04. The Labute approximate surface area is 131 Å². The van der Waals surface area contributed by atoms with Gasteiger partial charge in [0.15, 0.2) is 11.5 Å². The molecule has 0 aromatic heterocycles. The first kappa shape index (κ1) is 15.9. The van der Waals surface area contributed by atoms with E-state index < -0.39 is 12.0 Å². The monoisotopic (exact) mass is 359 g/mol. The lowest BCUT2D eigenvalue weighted by atomic mass is 10.00. The fraction of sp³-hybridized carbons (Fsp3) is 0.500. The molecule has 0 saturated carbocycles. The summed E-state index contributed by atoms with van der Waals surface area (Å²) < 4.78 is 17.5. The molecule has 1 aliphatic rings. The van der Waals surface area contributed by atoms with E-state index in [0.29, 0.717) is 40.5 Å². The molecule has 1 aromatic rings.